The molecule has 1 aromatic carbocycles. The normalized spacial score (nSPS) is 15.5. The van der Waals surface area contributed by atoms with Crippen LogP contribution in [0.1, 0.15) is 19.8 Å². The summed E-state index contributed by atoms with van der Waals surface area (Å²) in [6, 6.07) is 4.93. The highest BCUT2D eigenvalue weighted by molar-refractivity contribution is 6.39. The lowest BCUT2D eigenvalue weighted by Gasteiger charge is -2.23. The highest BCUT2D eigenvalue weighted by Crippen LogP contribution is 2.29. The van der Waals surface area contributed by atoms with Crippen molar-refractivity contribution in [3.05, 3.63) is 28.2 Å². The molecule has 7 heteroatoms. The molecule has 1 aliphatic carbocycles. The van der Waals surface area contributed by atoms with E-state index in [9.17, 15) is 9.59 Å². The van der Waals surface area contributed by atoms with Crippen molar-refractivity contribution in [2.75, 3.05) is 18.9 Å². The van der Waals surface area contributed by atoms with Crippen LogP contribution in [-0.2, 0) is 9.59 Å². The Morgan fingerprint density at radius 2 is 1.91 bits per heavy atom. The van der Waals surface area contributed by atoms with E-state index in [1.165, 1.54) is 0 Å². The number of benzene rings is 1. The fourth-order valence-electron chi connectivity index (χ4n) is 1.91. The fraction of sp³-hybridized carbons (Fsp3) is 0.467. The first kappa shape index (κ1) is 17.1. The van der Waals surface area contributed by atoms with Gasteiger partial charge in [-0.3, -0.25) is 14.5 Å². The molecule has 2 amide bonds. The highest BCUT2D eigenvalue weighted by Gasteiger charge is 2.27. The molecule has 0 saturated heterocycles. The van der Waals surface area contributed by atoms with Crippen LogP contribution in [0.3, 0.4) is 0 Å². The molecule has 1 aliphatic rings. The number of likely N-dealkylation sites (N-methyl/N-ethyl adjacent to an activating group) is 1. The minimum Gasteiger partial charge on any atom is -0.352 e. The predicted octanol–water partition coefficient (Wildman–Crippen LogP) is 2.53. The van der Waals surface area contributed by atoms with Crippen LogP contribution in [0.5, 0.6) is 0 Å². The van der Waals surface area contributed by atoms with Gasteiger partial charge < -0.3 is 10.6 Å². The zero-order valence-corrected chi connectivity index (χ0v) is 14.0. The van der Waals surface area contributed by atoms with Gasteiger partial charge in [0, 0.05) is 6.04 Å². The number of hydrogen-bond donors (Lipinski definition) is 2. The summed E-state index contributed by atoms with van der Waals surface area (Å²) in [7, 11) is 1.73. The van der Waals surface area contributed by atoms with E-state index in [4.69, 9.17) is 23.2 Å². The summed E-state index contributed by atoms with van der Waals surface area (Å²) in [5.74, 6) is -0.336. The van der Waals surface area contributed by atoms with Gasteiger partial charge in [0.05, 0.1) is 28.3 Å². The molecular formula is C15H19Cl2N3O2. The molecule has 0 bridgehead atoms. The second kappa shape index (κ2) is 7.31. The van der Waals surface area contributed by atoms with Crippen molar-refractivity contribution in [2.24, 2.45) is 0 Å². The molecule has 120 valence electrons. The number of carbonyl (C=O) groups excluding carboxylic acids is 2. The molecule has 1 fully saturated rings. The molecule has 22 heavy (non-hydrogen) atoms. The Hall–Kier alpha value is -1.30. The molecule has 0 aromatic heterocycles. The van der Waals surface area contributed by atoms with Crippen LogP contribution in [0.2, 0.25) is 10.0 Å². The first-order chi connectivity index (χ1) is 10.4. The number of halogens is 2. The van der Waals surface area contributed by atoms with E-state index in [0.29, 0.717) is 21.8 Å². The maximum absolute atomic E-state index is 12.1. The van der Waals surface area contributed by atoms with Gasteiger partial charge in [0.25, 0.3) is 0 Å². The van der Waals surface area contributed by atoms with E-state index in [-0.39, 0.29) is 24.4 Å². The Bertz CT molecular complexity index is 556. The molecular weight excluding hydrogens is 325 g/mol. The second-order valence-electron chi connectivity index (χ2n) is 5.52. The quantitative estimate of drug-likeness (QED) is 0.834. The zero-order chi connectivity index (χ0) is 16.3. The van der Waals surface area contributed by atoms with Gasteiger partial charge in [0.1, 0.15) is 0 Å². The maximum Gasteiger partial charge on any atom is 0.238 e. The van der Waals surface area contributed by atoms with Crippen LogP contribution in [0.4, 0.5) is 5.69 Å². The van der Waals surface area contributed by atoms with Crippen molar-refractivity contribution in [3.8, 4) is 0 Å². The van der Waals surface area contributed by atoms with Crippen LogP contribution in [-0.4, -0.2) is 42.4 Å². The minimum absolute atomic E-state index is 0.0615. The van der Waals surface area contributed by atoms with Gasteiger partial charge in [-0.2, -0.15) is 0 Å². The zero-order valence-electron chi connectivity index (χ0n) is 12.5. The monoisotopic (exact) mass is 343 g/mol. The van der Waals surface area contributed by atoms with Gasteiger partial charge >= 0.3 is 0 Å². The largest absolute Gasteiger partial charge is 0.352 e. The lowest BCUT2D eigenvalue weighted by atomic mass is 10.2. The van der Waals surface area contributed by atoms with Crippen LogP contribution in [0, 0.1) is 0 Å². The summed E-state index contributed by atoms with van der Waals surface area (Å²) >= 11 is 12.0. The third-order valence-electron chi connectivity index (χ3n) is 3.58. The summed E-state index contributed by atoms with van der Waals surface area (Å²) in [5.41, 5.74) is 0.388. The maximum atomic E-state index is 12.1. The predicted molar refractivity (Wildman–Crippen MR) is 88.3 cm³/mol. The fourth-order valence-corrected chi connectivity index (χ4v) is 2.40. The number of rotatable bonds is 6. The number of carbonyl (C=O) groups is 2. The van der Waals surface area contributed by atoms with Crippen LogP contribution in [0.15, 0.2) is 18.2 Å². The molecule has 1 aromatic rings. The smallest absolute Gasteiger partial charge is 0.238 e. The Kier molecular flexibility index (Phi) is 5.67. The van der Waals surface area contributed by atoms with Crippen molar-refractivity contribution in [1.29, 1.82) is 0 Å². The van der Waals surface area contributed by atoms with Crippen molar-refractivity contribution in [1.82, 2.24) is 10.2 Å². The van der Waals surface area contributed by atoms with E-state index < -0.39 is 0 Å². The molecule has 1 saturated carbocycles. The number of nitrogens with one attached hydrogen (secondary N) is 2. The van der Waals surface area contributed by atoms with Crippen molar-refractivity contribution in [2.45, 2.75) is 31.8 Å². The number of hydrogen-bond acceptors (Lipinski definition) is 3. The Balaban J connectivity index is 1.89. The lowest BCUT2D eigenvalue weighted by molar-refractivity contribution is -0.126. The van der Waals surface area contributed by atoms with Gasteiger partial charge in [-0.25, -0.2) is 0 Å². The Morgan fingerprint density at radius 3 is 2.45 bits per heavy atom. The first-order valence-electron chi connectivity index (χ1n) is 7.13. The van der Waals surface area contributed by atoms with Crippen molar-refractivity contribution in [3.63, 3.8) is 0 Å². The highest BCUT2D eigenvalue weighted by atomic mass is 35.5. The molecule has 2 N–H and O–H groups in total. The van der Waals surface area contributed by atoms with E-state index in [1.54, 1.807) is 37.1 Å². The average Bonchev–Trinajstić information content (AvgIpc) is 3.26. The Morgan fingerprint density at radius 1 is 1.32 bits per heavy atom. The molecule has 0 aliphatic heterocycles. The molecule has 0 spiro atoms. The van der Waals surface area contributed by atoms with Crippen LogP contribution < -0.4 is 10.6 Å². The minimum atomic E-state index is -0.381. The molecule has 5 nitrogen and oxygen atoms in total. The van der Waals surface area contributed by atoms with E-state index in [0.717, 1.165) is 12.8 Å². The van der Waals surface area contributed by atoms with Gasteiger partial charge in [-0.05, 0) is 38.9 Å². The Labute approximate surface area is 139 Å². The molecule has 0 unspecified atom stereocenters. The number of para-hydroxylation sites is 1. The van der Waals surface area contributed by atoms with E-state index in [1.807, 2.05) is 0 Å². The SMILES string of the molecule is C[C@H](C(=O)NC1CC1)N(C)CC(=O)Nc1c(Cl)cccc1Cl. The van der Waals surface area contributed by atoms with Gasteiger partial charge in [-0.15, -0.1) is 0 Å². The third-order valence-corrected chi connectivity index (χ3v) is 4.21. The number of amides is 2. The summed E-state index contributed by atoms with van der Waals surface area (Å²) < 4.78 is 0. The van der Waals surface area contributed by atoms with Crippen LogP contribution >= 0.6 is 23.2 Å². The molecule has 0 radical (unpaired) electrons. The third kappa shape index (κ3) is 4.60. The van der Waals surface area contributed by atoms with Crippen molar-refractivity contribution < 1.29 is 9.59 Å². The summed E-state index contributed by atoms with van der Waals surface area (Å²) in [5, 5.41) is 6.36. The summed E-state index contributed by atoms with van der Waals surface area (Å²) in [6.45, 7) is 1.84. The van der Waals surface area contributed by atoms with Gasteiger partial charge in [0.2, 0.25) is 11.8 Å². The van der Waals surface area contributed by atoms with Gasteiger partial charge in [0.15, 0.2) is 0 Å². The second-order valence-corrected chi connectivity index (χ2v) is 6.33. The standard InChI is InChI=1S/C15H19Cl2N3O2/c1-9(15(22)18-10-6-7-10)20(2)8-13(21)19-14-11(16)4-3-5-12(14)17/h3-5,9-10H,6-8H2,1-2H3,(H,18,22)(H,19,21)/t9-/m1/s1. The lowest BCUT2D eigenvalue weighted by Crippen LogP contribution is -2.46. The van der Waals surface area contributed by atoms with Crippen LogP contribution in [0.25, 0.3) is 0 Å². The van der Waals surface area contributed by atoms with E-state index in [2.05, 4.69) is 10.6 Å². The summed E-state index contributed by atoms with van der Waals surface area (Å²) in [4.78, 5) is 25.7. The molecule has 2 rings (SSSR count). The first-order valence-corrected chi connectivity index (χ1v) is 7.88. The number of anilines is 1. The topological polar surface area (TPSA) is 61.4 Å². The van der Waals surface area contributed by atoms with E-state index >= 15 is 0 Å². The van der Waals surface area contributed by atoms with Crippen molar-refractivity contribution >= 4 is 40.7 Å². The average molecular weight is 344 g/mol. The molecule has 0 heterocycles. The summed E-state index contributed by atoms with van der Waals surface area (Å²) in [6.07, 6.45) is 2.07. The molecule has 1 atom stereocenters. The van der Waals surface area contributed by atoms with Gasteiger partial charge in [-0.1, -0.05) is 29.3 Å². The number of nitrogens with zero attached hydrogens (tertiary/aromatic N) is 1.